The van der Waals surface area contributed by atoms with Crippen molar-refractivity contribution in [2.75, 3.05) is 5.73 Å². The Morgan fingerprint density at radius 3 is 2.32 bits per heavy atom. The molecule has 19 heavy (non-hydrogen) atoms. The SMILES string of the molecule is CCCc1nc(-c2cc(C)nc(C)c2)nc(N)c1I. The summed E-state index contributed by atoms with van der Waals surface area (Å²) in [5, 5.41) is 0. The standard InChI is InChI=1S/C14H17IN4/c1-4-5-11-12(15)13(16)19-14(18-11)10-6-8(2)17-9(3)7-10/h6-7H,4-5H2,1-3H3,(H2,16,18,19). The zero-order chi connectivity index (χ0) is 14.0. The molecule has 0 amide bonds. The maximum absolute atomic E-state index is 5.99. The van der Waals surface area contributed by atoms with Crippen molar-refractivity contribution in [3.8, 4) is 11.4 Å². The highest BCUT2D eigenvalue weighted by atomic mass is 127. The fourth-order valence-electron chi connectivity index (χ4n) is 2.01. The topological polar surface area (TPSA) is 64.7 Å². The van der Waals surface area contributed by atoms with Crippen molar-refractivity contribution in [2.45, 2.75) is 33.6 Å². The van der Waals surface area contributed by atoms with Crippen molar-refractivity contribution in [2.24, 2.45) is 0 Å². The number of hydrogen-bond acceptors (Lipinski definition) is 4. The summed E-state index contributed by atoms with van der Waals surface area (Å²) in [7, 11) is 0. The number of aryl methyl sites for hydroxylation is 3. The Morgan fingerprint density at radius 1 is 1.11 bits per heavy atom. The van der Waals surface area contributed by atoms with Gasteiger partial charge >= 0.3 is 0 Å². The first-order chi connectivity index (χ1) is 9.01. The molecule has 2 aromatic rings. The molecule has 2 N–H and O–H groups in total. The Hall–Kier alpha value is -1.24. The van der Waals surface area contributed by atoms with Gasteiger partial charge in [0.15, 0.2) is 5.82 Å². The van der Waals surface area contributed by atoms with Crippen LogP contribution in [0.1, 0.15) is 30.4 Å². The van der Waals surface area contributed by atoms with Crippen LogP contribution in [0.5, 0.6) is 0 Å². The lowest BCUT2D eigenvalue weighted by molar-refractivity contribution is 0.869. The number of aromatic nitrogens is 3. The van der Waals surface area contributed by atoms with Crippen LogP contribution in [0.4, 0.5) is 5.82 Å². The molecule has 0 aliphatic carbocycles. The van der Waals surface area contributed by atoms with Crippen LogP contribution in [0.15, 0.2) is 12.1 Å². The van der Waals surface area contributed by atoms with Gasteiger partial charge in [-0.3, -0.25) is 4.98 Å². The first kappa shape index (κ1) is 14.2. The zero-order valence-corrected chi connectivity index (χ0v) is 13.5. The van der Waals surface area contributed by atoms with E-state index in [2.05, 4.69) is 44.5 Å². The lowest BCUT2D eigenvalue weighted by Crippen LogP contribution is -2.05. The molecule has 0 saturated carbocycles. The lowest BCUT2D eigenvalue weighted by atomic mass is 10.1. The first-order valence-corrected chi connectivity index (χ1v) is 7.36. The Kier molecular flexibility index (Phi) is 4.34. The second kappa shape index (κ2) is 5.81. The van der Waals surface area contributed by atoms with E-state index in [9.17, 15) is 0 Å². The van der Waals surface area contributed by atoms with Gasteiger partial charge < -0.3 is 5.73 Å². The van der Waals surface area contributed by atoms with Gasteiger partial charge in [-0.25, -0.2) is 9.97 Å². The molecule has 2 rings (SSSR count). The van der Waals surface area contributed by atoms with Crippen LogP contribution >= 0.6 is 22.6 Å². The number of nitrogens with two attached hydrogens (primary N) is 1. The Balaban J connectivity index is 2.55. The van der Waals surface area contributed by atoms with Crippen molar-refractivity contribution in [3.05, 3.63) is 32.8 Å². The van der Waals surface area contributed by atoms with Gasteiger partial charge in [-0.05, 0) is 55.0 Å². The number of nitrogen functional groups attached to an aromatic ring is 1. The quantitative estimate of drug-likeness (QED) is 0.845. The van der Waals surface area contributed by atoms with Gasteiger partial charge in [-0.15, -0.1) is 0 Å². The van der Waals surface area contributed by atoms with Gasteiger partial charge in [0, 0.05) is 17.0 Å². The number of pyridine rings is 1. The molecule has 0 aliphatic heterocycles. The van der Waals surface area contributed by atoms with Gasteiger partial charge in [0.2, 0.25) is 0 Å². The molecule has 0 unspecified atom stereocenters. The second-order valence-corrected chi connectivity index (χ2v) is 5.66. The monoisotopic (exact) mass is 368 g/mol. The molecular formula is C14H17IN4. The largest absolute Gasteiger partial charge is 0.383 e. The molecule has 0 atom stereocenters. The van der Waals surface area contributed by atoms with E-state index >= 15 is 0 Å². The summed E-state index contributed by atoms with van der Waals surface area (Å²) in [4.78, 5) is 13.4. The predicted octanol–water partition coefficient (Wildman–Crippen LogP) is 3.29. The van der Waals surface area contributed by atoms with Crippen LogP contribution in [-0.4, -0.2) is 15.0 Å². The molecule has 0 saturated heterocycles. The van der Waals surface area contributed by atoms with E-state index in [1.807, 2.05) is 26.0 Å². The van der Waals surface area contributed by atoms with E-state index in [0.29, 0.717) is 11.6 Å². The highest BCUT2D eigenvalue weighted by Gasteiger charge is 2.11. The molecule has 0 aliphatic rings. The summed E-state index contributed by atoms with van der Waals surface area (Å²) < 4.78 is 0.964. The maximum atomic E-state index is 5.99. The average molecular weight is 368 g/mol. The van der Waals surface area contributed by atoms with Crippen molar-refractivity contribution < 1.29 is 0 Å². The molecule has 4 nitrogen and oxygen atoms in total. The number of hydrogen-bond donors (Lipinski definition) is 1. The van der Waals surface area contributed by atoms with E-state index in [-0.39, 0.29) is 0 Å². The van der Waals surface area contributed by atoms with Crippen molar-refractivity contribution >= 4 is 28.4 Å². The van der Waals surface area contributed by atoms with E-state index in [4.69, 9.17) is 5.73 Å². The summed E-state index contributed by atoms with van der Waals surface area (Å²) in [6, 6.07) is 3.98. The van der Waals surface area contributed by atoms with Gasteiger partial charge in [-0.2, -0.15) is 0 Å². The molecule has 0 radical (unpaired) electrons. The molecule has 0 fully saturated rings. The minimum atomic E-state index is 0.557. The second-order valence-electron chi connectivity index (χ2n) is 4.58. The fraction of sp³-hybridized carbons (Fsp3) is 0.357. The molecule has 0 bridgehead atoms. The van der Waals surface area contributed by atoms with E-state index in [0.717, 1.165) is 39.1 Å². The Morgan fingerprint density at radius 2 is 1.74 bits per heavy atom. The fourth-order valence-corrected chi connectivity index (χ4v) is 2.52. The molecule has 5 heteroatoms. The molecule has 0 spiro atoms. The van der Waals surface area contributed by atoms with Crippen molar-refractivity contribution in [1.82, 2.24) is 15.0 Å². The molecule has 100 valence electrons. The molecule has 2 aromatic heterocycles. The first-order valence-electron chi connectivity index (χ1n) is 6.28. The molecule has 0 aromatic carbocycles. The van der Waals surface area contributed by atoms with Gasteiger partial charge in [0.1, 0.15) is 5.82 Å². The van der Waals surface area contributed by atoms with Crippen molar-refractivity contribution in [3.63, 3.8) is 0 Å². The number of anilines is 1. The predicted molar refractivity (Wildman–Crippen MR) is 85.9 cm³/mol. The smallest absolute Gasteiger partial charge is 0.161 e. The Bertz CT molecular complexity index is 590. The lowest BCUT2D eigenvalue weighted by Gasteiger charge is -2.09. The summed E-state index contributed by atoms with van der Waals surface area (Å²) in [5.74, 6) is 1.25. The van der Waals surface area contributed by atoms with Crippen LogP contribution in [0.2, 0.25) is 0 Å². The summed E-state index contributed by atoms with van der Waals surface area (Å²) in [6.45, 7) is 6.08. The molecule has 2 heterocycles. The van der Waals surface area contributed by atoms with E-state index < -0.39 is 0 Å². The third kappa shape index (κ3) is 3.20. The maximum Gasteiger partial charge on any atom is 0.161 e. The summed E-state index contributed by atoms with van der Waals surface area (Å²) in [5.41, 5.74) is 9.92. The van der Waals surface area contributed by atoms with E-state index in [1.54, 1.807) is 0 Å². The van der Waals surface area contributed by atoms with Gasteiger partial charge in [0.25, 0.3) is 0 Å². The third-order valence-electron chi connectivity index (χ3n) is 2.77. The summed E-state index contributed by atoms with van der Waals surface area (Å²) in [6.07, 6.45) is 1.96. The highest BCUT2D eigenvalue weighted by molar-refractivity contribution is 14.1. The minimum absolute atomic E-state index is 0.557. The van der Waals surface area contributed by atoms with Crippen LogP contribution in [0, 0.1) is 17.4 Å². The van der Waals surface area contributed by atoms with Crippen LogP contribution in [-0.2, 0) is 6.42 Å². The van der Waals surface area contributed by atoms with Crippen LogP contribution in [0.3, 0.4) is 0 Å². The number of rotatable bonds is 3. The van der Waals surface area contributed by atoms with E-state index in [1.165, 1.54) is 0 Å². The molecular weight excluding hydrogens is 351 g/mol. The van der Waals surface area contributed by atoms with Crippen LogP contribution < -0.4 is 5.73 Å². The highest BCUT2D eigenvalue weighted by Crippen LogP contribution is 2.23. The van der Waals surface area contributed by atoms with Gasteiger partial charge in [0.05, 0.1) is 9.26 Å². The zero-order valence-electron chi connectivity index (χ0n) is 11.4. The Labute approximate surface area is 127 Å². The normalized spacial score (nSPS) is 10.7. The van der Waals surface area contributed by atoms with Crippen LogP contribution in [0.25, 0.3) is 11.4 Å². The number of nitrogens with zero attached hydrogens (tertiary/aromatic N) is 3. The van der Waals surface area contributed by atoms with Crippen molar-refractivity contribution in [1.29, 1.82) is 0 Å². The third-order valence-corrected chi connectivity index (χ3v) is 3.95. The average Bonchev–Trinajstić information content (AvgIpc) is 2.33. The summed E-state index contributed by atoms with van der Waals surface area (Å²) >= 11 is 2.22. The minimum Gasteiger partial charge on any atom is -0.383 e. The number of halogens is 1. The van der Waals surface area contributed by atoms with Gasteiger partial charge in [-0.1, -0.05) is 13.3 Å².